The quantitative estimate of drug-likeness (QED) is 0.798. The van der Waals surface area contributed by atoms with Gasteiger partial charge in [-0.05, 0) is 38.3 Å². The second kappa shape index (κ2) is 6.25. The molecular weight excluding hydrogens is 248 g/mol. The Morgan fingerprint density at radius 2 is 1.65 bits per heavy atom. The maximum Gasteiger partial charge on any atom is 0.0653 e. The van der Waals surface area contributed by atoms with Gasteiger partial charge in [0.1, 0.15) is 0 Å². The first-order valence-electron chi connectivity index (χ1n) is 7.55. The monoisotopic (exact) mass is 274 g/mol. The molecule has 20 heavy (non-hydrogen) atoms. The van der Waals surface area contributed by atoms with Gasteiger partial charge in [0.25, 0.3) is 0 Å². The Morgan fingerprint density at radius 3 is 2.20 bits per heavy atom. The van der Waals surface area contributed by atoms with Crippen molar-refractivity contribution in [1.82, 2.24) is 19.6 Å². The topological polar surface area (TPSA) is 35.6 Å². The molecule has 0 saturated heterocycles. The molecule has 0 aliphatic carbocycles. The van der Waals surface area contributed by atoms with E-state index in [9.17, 15) is 0 Å². The molecule has 1 unspecified atom stereocenters. The molecule has 0 amide bonds. The van der Waals surface area contributed by atoms with Gasteiger partial charge in [-0.25, -0.2) is 0 Å². The van der Waals surface area contributed by atoms with Gasteiger partial charge >= 0.3 is 0 Å². The summed E-state index contributed by atoms with van der Waals surface area (Å²) < 4.78 is 4.07. The van der Waals surface area contributed by atoms with Crippen LogP contribution in [0.5, 0.6) is 0 Å². The predicted molar refractivity (Wildman–Crippen MR) is 82.0 cm³/mol. The van der Waals surface area contributed by atoms with Crippen molar-refractivity contribution in [3.05, 3.63) is 35.9 Å². The second-order valence-electron chi connectivity index (χ2n) is 6.16. The van der Waals surface area contributed by atoms with E-state index in [1.807, 2.05) is 9.36 Å². The van der Waals surface area contributed by atoms with Crippen molar-refractivity contribution in [3.8, 4) is 0 Å². The van der Waals surface area contributed by atoms with Crippen LogP contribution in [0, 0.1) is 0 Å². The zero-order valence-electron chi connectivity index (χ0n) is 13.2. The number of hydrogen-bond acceptors (Lipinski definition) is 2. The number of aromatic nitrogens is 4. The molecule has 0 N–H and O–H groups in total. The average Bonchev–Trinajstić information content (AvgIpc) is 3.05. The Hall–Kier alpha value is -1.58. The first kappa shape index (κ1) is 14.8. The molecule has 0 aliphatic heterocycles. The summed E-state index contributed by atoms with van der Waals surface area (Å²) >= 11 is 0. The highest BCUT2D eigenvalue weighted by Gasteiger charge is 2.11. The van der Waals surface area contributed by atoms with Crippen LogP contribution in [0.2, 0.25) is 0 Å². The largest absolute Gasteiger partial charge is 0.272 e. The number of aryl methyl sites for hydroxylation is 1. The molecule has 4 heteroatoms. The summed E-state index contributed by atoms with van der Waals surface area (Å²) in [6, 6.07) is 4.67. The van der Waals surface area contributed by atoms with Crippen molar-refractivity contribution < 1.29 is 0 Å². The lowest BCUT2D eigenvalue weighted by Gasteiger charge is -2.10. The van der Waals surface area contributed by atoms with Crippen molar-refractivity contribution in [2.24, 2.45) is 0 Å². The van der Waals surface area contributed by atoms with Crippen LogP contribution in [0.25, 0.3) is 0 Å². The Kier molecular flexibility index (Phi) is 4.63. The molecule has 2 heterocycles. The molecule has 0 radical (unpaired) electrons. The summed E-state index contributed by atoms with van der Waals surface area (Å²) in [5.41, 5.74) is 2.34. The van der Waals surface area contributed by atoms with Crippen LogP contribution in [0.4, 0.5) is 0 Å². The smallest absolute Gasteiger partial charge is 0.0653 e. The van der Waals surface area contributed by atoms with E-state index < -0.39 is 0 Å². The standard InChI is InChI=1S/C16H26N4/c1-12(2)15-7-10-19(17-15)9-6-14(5)16-8-11-20(18-16)13(3)4/h7-8,10-14H,6,9H2,1-5H3. The third-order valence-corrected chi connectivity index (χ3v) is 3.71. The van der Waals surface area contributed by atoms with E-state index in [-0.39, 0.29) is 0 Å². The molecule has 0 aliphatic rings. The number of hydrogen-bond donors (Lipinski definition) is 0. The van der Waals surface area contributed by atoms with Gasteiger partial charge in [-0.3, -0.25) is 9.36 Å². The predicted octanol–water partition coefficient (Wildman–Crippen LogP) is 3.98. The van der Waals surface area contributed by atoms with E-state index in [0.717, 1.165) is 13.0 Å². The van der Waals surface area contributed by atoms with Gasteiger partial charge < -0.3 is 0 Å². The lowest BCUT2D eigenvalue weighted by Crippen LogP contribution is -2.06. The molecule has 2 aromatic heterocycles. The zero-order chi connectivity index (χ0) is 14.7. The maximum atomic E-state index is 4.64. The third kappa shape index (κ3) is 3.50. The fourth-order valence-electron chi connectivity index (χ4n) is 2.19. The summed E-state index contributed by atoms with van der Waals surface area (Å²) in [6.07, 6.45) is 5.21. The summed E-state index contributed by atoms with van der Waals surface area (Å²) in [4.78, 5) is 0. The van der Waals surface area contributed by atoms with Crippen molar-refractivity contribution in [1.29, 1.82) is 0 Å². The highest BCUT2D eigenvalue weighted by Crippen LogP contribution is 2.19. The maximum absolute atomic E-state index is 4.64. The fraction of sp³-hybridized carbons (Fsp3) is 0.625. The SMILES string of the molecule is CC(C)c1ccn(CCC(C)c2ccn(C(C)C)n2)n1. The summed E-state index contributed by atoms with van der Waals surface area (Å²) in [5.74, 6) is 0.956. The van der Waals surface area contributed by atoms with Crippen molar-refractivity contribution >= 4 is 0 Å². The molecule has 110 valence electrons. The zero-order valence-corrected chi connectivity index (χ0v) is 13.2. The van der Waals surface area contributed by atoms with Crippen molar-refractivity contribution in [2.45, 2.75) is 65.5 Å². The third-order valence-electron chi connectivity index (χ3n) is 3.71. The van der Waals surface area contributed by atoms with Crippen LogP contribution >= 0.6 is 0 Å². The summed E-state index contributed by atoms with van der Waals surface area (Å²) in [5, 5.41) is 9.24. The first-order valence-corrected chi connectivity index (χ1v) is 7.55. The first-order chi connectivity index (χ1) is 9.47. The minimum Gasteiger partial charge on any atom is -0.272 e. The second-order valence-corrected chi connectivity index (χ2v) is 6.16. The Bertz CT molecular complexity index is 536. The molecule has 2 rings (SSSR count). The molecule has 4 nitrogen and oxygen atoms in total. The number of rotatable bonds is 6. The highest BCUT2D eigenvalue weighted by atomic mass is 15.3. The van der Waals surface area contributed by atoms with Gasteiger partial charge in [-0.2, -0.15) is 10.2 Å². The molecular formula is C16H26N4. The van der Waals surface area contributed by atoms with E-state index in [0.29, 0.717) is 17.9 Å². The van der Waals surface area contributed by atoms with Crippen LogP contribution in [-0.2, 0) is 6.54 Å². The summed E-state index contributed by atoms with van der Waals surface area (Å²) in [6.45, 7) is 11.8. The molecule has 0 bridgehead atoms. The lowest BCUT2D eigenvalue weighted by molar-refractivity contribution is 0.495. The minimum atomic E-state index is 0.427. The van der Waals surface area contributed by atoms with Gasteiger partial charge in [0.05, 0.1) is 11.4 Å². The van der Waals surface area contributed by atoms with Gasteiger partial charge in [0.15, 0.2) is 0 Å². The molecule has 2 aromatic rings. The average molecular weight is 274 g/mol. The lowest BCUT2D eigenvalue weighted by atomic mass is 10.0. The van der Waals surface area contributed by atoms with Crippen LogP contribution in [-0.4, -0.2) is 19.6 Å². The normalized spacial score (nSPS) is 13.3. The Labute approximate surface area is 121 Å². The van der Waals surface area contributed by atoms with Crippen LogP contribution in [0.15, 0.2) is 24.5 Å². The Morgan fingerprint density at radius 1 is 0.950 bits per heavy atom. The van der Waals surface area contributed by atoms with Gasteiger partial charge in [0.2, 0.25) is 0 Å². The van der Waals surface area contributed by atoms with Crippen LogP contribution < -0.4 is 0 Å². The number of nitrogens with zero attached hydrogens (tertiary/aromatic N) is 4. The van der Waals surface area contributed by atoms with Gasteiger partial charge in [-0.1, -0.05) is 20.8 Å². The van der Waals surface area contributed by atoms with Gasteiger partial charge in [0, 0.05) is 30.9 Å². The minimum absolute atomic E-state index is 0.427. The molecule has 0 spiro atoms. The van der Waals surface area contributed by atoms with Gasteiger partial charge in [-0.15, -0.1) is 0 Å². The molecule has 0 fully saturated rings. The van der Waals surface area contributed by atoms with E-state index in [2.05, 4.69) is 69.3 Å². The van der Waals surface area contributed by atoms with Crippen molar-refractivity contribution in [3.63, 3.8) is 0 Å². The van der Waals surface area contributed by atoms with E-state index in [1.165, 1.54) is 11.4 Å². The Balaban J connectivity index is 1.91. The molecule has 1 atom stereocenters. The van der Waals surface area contributed by atoms with Crippen LogP contribution in [0.3, 0.4) is 0 Å². The van der Waals surface area contributed by atoms with E-state index >= 15 is 0 Å². The van der Waals surface area contributed by atoms with E-state index in [1.54, 1.807) is 0 Å². The summed E-state index contributed by atoms with van der Waals surface area (Å²) in [7, 11) is 0. The van der Waals surface area contributed by atoms with Crippen LogP contribution in [0.1, 0.15) is 70.3 Å². The molecule has 0 aromatic carbocycles. The van der Waals surface area contributed by atoms with E-state index in [4.69, 9.17) is 0 Å². The fourth-order valence-corrected chi connectivity index (χ4v) is 2.19. The highest BCUT2D eigenvalue weighted by molar-refractivity contribution is 5.06. The van der Waals surface area contributed by atoms with Crippen molar-refractivity contribution in [2.75, 3.05) is 0 Å². The molecule has 0 saturated carbocycles.